The average molecular weight is 152 g/mol. The van der Waals surface area contributed by atoms with Crippen LogP contribution in [0.4, 0.5) is 0 Å². The summed E-state index contributed by atoms with van der Waals surface area (Å²) in [6, 6.07) is 7.24. The topological polar surface area (TPSA) is 48.8 Å². The van der Waals surface area contributed by atoms with Crippen LogP contribution in [-0.4, -0.2) is 14.1 Å². The summed E-state index contributed by atoms with van der Waals surface area (Å²) in [7, 11) is -1.24. The van der Waals surface area contributed by atoms with Crippen molar-refractivity contribution in [2.75, 3.05) is 0 Å². The van der Waals surface area contributed by atoms with Gasteiger partial charge in [0.2, 0.25) is 4.70 Å². The first kappa shape index (κ1) is 5.76. The molecule has 0 fully saturated rings. The number of aromatic nitrogens is 2. The third-order valence-corrected chi connectivity index (χ3v) is 2.23. The van der Waals surface area contributed by atoms with Crippen molar-refractivity contribution in [2.24, 2.45) is 0 Å². The normalized spacial score (nSPS) is 12.3. The fraction of sp³-hybridized carbons (Fsp3) is 0. The number of nitrogens with zero attached hydrogens (tertiary/aromatic N) is 2. The molecular formula is C6H4N2OS. The zero-order valence-electron chi connectivity index (χ0n) is 5.02. The molecule has 0 aliphatic carbocycles. The smallest absolute Gasteiger partial charge is 0.226 e. The van der Waals surface area contributed by atoms with Gasteiger partial charge in [-0.2, -0.15) is 0 Å². The molecule has 0 N–H and O–H groups in total. The standard InChI is InChI=1S/C6H4N2OS/c9-10-6-4-2-1-3-5(6)7-8-10/h1-4H. The van der Waals surface area contributed by atoms with E-state index in [1.165, 1.54) is 0 Å². The summed E-state index contributed by atoms with van der Waals surface area (Å²) >= 11 is 0. The summed E-state index contributed by atoms with van der Waals surface area (Å²) in [4.78, 5) is 0. The lowest BCUT2D eigenvalue weighted by molar-refractivity contribution is 0.591. The predicted octanol–water partition coefficient (Wildman–Crippen LogP) is 1.36. The van der Waals surface area contributed by atoms with E-state index in [4.69, 9.17) is 0 Å². The second-order valence-corrected chi connectivity index (χ2v) is 3.00. The Morgan fingerprint density at radius 1 is 1.30 bits per heavy atom. The molecule has 10 heavy (non-hydrogen) atoms. The van der Waals surface area contributed by atoms with Gasteiger partial charge in [-0.25, -0.2) is 0 Å². The Kier molecular flexibility index (Phi) is 1.15. The number of benzene rings is 1. The lowest BCUT2D eigenvalue weighted by Gasteiger charge is -1.80. The van der Waals surface area contributed by atoms with E-state index in [0.29, 0.717) is 4.70 Å². The second kappa shape index (κ2) is 2.00. The van der Waals surface area contributed by atoms with E-state index in [0.717, 1.165) is 5.52 Å². The van der Waals surface area contributed by atoms with Crippen LogP contribution in [-0.2, 0) is 0 Å². The van der Waals surface area contributed by atoms with E-state index in [2.05, 4.69) is 9.59 Å². The van der Waals surface area contributed by atoms with Gasteiger partial charge in [-0.15, -0.1) is 0 Å². The van der Waals surface area contributed by atoms with Crippen molar-refractivity contribution < 1.29 is 4.55 Å². The van der Waals surface area contributed by atoms with Gasteiger partial charge in [0.15, 0.2) is 5.52 Å². The van der Waals surface area contributed by atoms with E-state index >= 15 is 0 Å². The zero-order valence-corrected chi connectivity index (χ0v) is 5.84. The van der Waals surface area contributed by atoms with Crippen molar-refractivity contribution in [3.05, 3.63) is 24.3 Å². The highest BCUT2D eigenvalue weighted by molar-refractivity contribution is 7.26. The van der Waals surface area contributed by atoms with Crippen LogP contribution in [0.5, 0.6) is 0 Å². The Morgan fingerprint density at radius 3 is 2.90 bits per heavy atom. The monoisotopic (exact) mass is 152 g/mol. The van der Waals surface area contributed by atoms with E-state index < -0.39 is 10.9 Å². The molecule has 0 saturated heterocycles. The molecule has 50 valence electrons. The highest BCUT2D eigenvalue weighted by Gasteiger charge is 2.05. The molecular weight excluding hydrogens is 148 g/mol. The van der Waals surface area contributed by atoms with E-state index in [9.17, 15) is 4.55 Å². The van der Waals surface area contributed by atoms with Gasteiger partial charge in [0, 0.05) is 6.07 Å². The van der Waals surface area contributed by atoms with Crippen molar-refractivity contribution in [2.45, 2.75) is 0 Å². The molecule has 1 unspecified atom stereocenters. The molecule has 4 heteroatoms. The minimum atomic E-state index is -1.24. The number of hydrogen-bond donors (Lipinski definition) is 0. The first-order chi connectivity index (χ1) is 4.88. The number of fused-ring (bicyclic) bond motifs is 1. The molecule has 0 amide bonds. The van der Waals surface area contributed by atoms with Gasteiger partial charge in [0.05, 0.1) is 15.4 Å². The van der Waals surface area contributed by atoms with Crippen LogP contribution < -0.4 is 0 Å². The van der Waals surface area contributed by atoms with Gasteiger partial charge in [0.25, 0.3) is 0 Å². The van der Waals surface area contributed by atoms with Gasteiger partial charge >= 0.3 is 0 Å². The Balaban J connectivity index is 2.93. The fourth-order valence-electron chi connectivity index (χ4n) is 0.812. The van der Waals surface area contributed by atoms with Gasteiger partial charge in [0.1, 0.15) is 0 Å². The molecule has 0 aliphatic heterocycles. The van der Waals surface area contributed by atoms with Crippen LogP contribution in [0.15, 0.2) is 24.3 Å². The Morgan fingerprint density at radius 2 is 2.10 bits per heavy atom. The van der Waals surface area contributed by atoms with Gasteiger partial charge in [-0.3, -0.25) is 0 Å². The third-order valence-electron chi connectivity index (χ3n) is 1.28. The molecule has 0 aliphatic rings. The number of hydrogen-bond acceptors (Lipinski definition) is 3. The molecule has 1 aromatic heterocycles. The van der Waals surface area contributed by atoms with Crippen LogP contribution in [0.3, 0.4) is 0 Å². The maximum absolute atomic E-state index is 10.9. The molecule has 2 rings (SSSR count). The minimum Gasteiger partial charge on any atom is -0.567 e. The molecule has 1 aromatic carbocycles. The van der Waals surface area contributed by atoms with Crippen molar-refractivity contribution in [1.29, 1.82) is 0 Å². The van der Waals surface area contributed by atoms with Crippen LogP contribution in [0.1, 0.15) is 0 Å². The third kappa shape index (κ3) is 0.698. The molecule has 0 saturated carbocycles. The highest BCUT2D eigenvalue weighted by Crippen LogP contribution is 2.20. The summed E-state index contributed by atoms with van der Waals surface area (Å²) < 4.78 is 15.1. The summed E-state index contributed by atoms with van der Waals surface area (Å²) in [5.74, 6) is 0. The second-order valence-electron chi connectivity index (χ2n) is 1.90. The molecule has 1 heterocycles. The number of rotatable bonds is 0. The van der Waals surface area contributed by atoms with Crippen LogP contribution in [0, 0.1) is 0 Å². The lowest BCUT2D eigenvalue weighted by Crippen LogP contribution is -1.63. The molecule has 0 radical (unpaired) electrons. The molecule has 1 atom stereocenters. The van der Waals surface area contributed by atoms with Crippen LogP contribution in [0.2, 0.25) is 0 Å². The van der Waals surface area contributed by atoms with Crippen LogP contribution >= 0.6 is 10.9 Å². The largest absolute Gasteiger partial charge is 0.567 e. The van der Waals surface area contributed by atoms with Crippen LogP contribution in [0.25, 0.3) is 10.2 Å². The Hall–Kier alpha value is -1.00. The Labute approximate surface area is 60.3 Å². The maximum atomic E-state index is 10.9. The highest BCUT2D eigenvalue weighted by atomic mass is 32.2. The van der Waals surface area contributed by atoms with E-state index in [-0.39, 0.29) is 0 Å². The van der Waals surface area contributed by atoms with Crippen molar-refractivity contribution >= 4 is 21.2 Å². The maximum Gasteiger partial charge on any atom is 0.226 e. The molecule has 0 bridgehead atoms. The quantitative estimate of drug-likeness (QED) is 0.535. The van der Waals surface area contributed by atoms with E-state index in [1.54, 1.807) is 12.1 Å². The molecule has 3 nitrogen and oxygen atoms in total. The summed E-state index contributed by atoms with van der Waals surface area (Å²) in [5, 5.41) is 3.71. The predicted molar refractivity (Wildman–Crippen MR) is 38.2 cm³/mol. The van der Waals surface area contributed by atoms with Crippen molar-refractivity contribution in [3.8, 4) is 0 Å². The molecule has 0 spiro atoms. The fourth-order valence-corrected chi connectivity index (χ4v) is 1.55. The lowest BCUT2D eigenvalue weighted by atomic mass is 10.3. The summed E-state index contributed by atoms with van der Waals surface area (Å²) in [6.07, 6.45) is 0. The SMILES string of the molecule is [O-][s+]1nnc2ccccc21. The van der Waals surface area contributed by atoms with Crippen molar-refractivity contribution in [3.63, 3.8) is 0 Å². The zero-order chi connectivity index (χ0) is 6.97. The first-order valence-electron chi connectivity index (χ1n) is 2.80. The average Bonchev–Trinajstić information content (AvgIpc) is 2.34. The van der Waals surface area contributed by atoms with E-state index in [1.807, 2.05) is 12.1 Å². The first-order valence-corrected chi connectivity index (χ1v) is 3.91. The Bertz CT molecular complexity index is 357. The minimum absolute atomic E-state index is 0.711. The molecule has 2 aromatic rings. The van der Waals surface area contributed by atoms with Crippen molar-refractivity contribution in [1.82, 2.24) is 9.59 Å². The summed E-state index contributed by atoms with van der Waals surface area (Å²) in [6.45, 7) is 0. The van der Waals surface area contributed by atoms with Gasteiger partial charge in [-0.05, 0) is 6.07 Å². The van der Waals surface area contributed by atoms with Gasteiger partial charge < -0.3 is 4.55 Å². The van der Waals surface area contributed by atoms with Gasteiger partial charge in [-0.1, -0.05) is 17.2 Å². The summed E-state index contributed by atoms with van der Waals surface area (Å²) in [5.41, 5.74) is 0.723.